The van der Waals surface area contributed by atoms with Crippen LogP contribution in [0.4, 0.5) is 5.69 Å². The lowest BCUT2D eigenvalue weighted by molar-refractivity contribution is -0.139. The quantitative estimate of drug-likeness (QED) is 0.324. The van der Waals surface area contributed by atoms with Crippen molar-refractivity contribution in [1.82, 2.24) is 15.2 Å². The van der Waals surface area contributed by atoms with Crippen molar-refractivity contribution in [3.05, 3.63) is 72.7 Å². The van der Waals surface area contributed by atoms with Gasteiger partial charge in [-0.25, -0.2) is 4.79 Å². The first-order valence-corrected chi connectivity index (χ1v) is 9.60. The standard InChI is InChI=1S/C21H21ClN4O5/c1-30-17(27)10-14-18(21(29)31-2)16(24-19(14)22)9-13-15(25-26-20(13)28)8-5-11-3-6-12(23)7-4-11/h3-4,6-9,24-25H,5,10,23H2,1-2H3,(H,26,28). The van der Waals surface area contributed by atoms with Gasteiger partial charge in [0, 0.05) is 11.3 Å². The van der Waals surface area contributed by atoms with Gasteiger partial charge >= 0.3 is 11.9 Å². The van der Waals surface area contributed by atoms with E-state index >= 15 is 0 Å². The predicted octanol–water partition coefficient (Wildman–Crippen LogP) is 0.621. The lowest BCUT2D eigenvalue weighted by Crippen LogP contribution is -2.33. The van der Waals surface area contributed by atoms with E-state index in [1.807, 2.05) is 18.2 Å². The third-order valence-corrected chi connectivity index (χ3v) is 5.00. The monoisotopic (exact) mass is 444 g/mol. The molecule has 1 aromatic carbocycles. The number of hydrogen-bond acceptors (Lipinski definition) is 6. The number of rotatable bonds is 6. The molecule has 0 saturated heterocycles. The van der Waals surface area contributed by atoms with Crippen molar-refractivity contribution in [2.24, 2.45) is 0 Å². The number of carbonyl (C=O) groups excluding carboxylic acids is 2. The van der Waals surface area contributed by atoms with Crippen molar-refractivity contribution in [3.8, 4) is 0 Å². The molecule has 31 heavy (non-hydrogen) atoms. The molecule has 0 bridgehead atoms. The SMILES string of the molecule is COC(=O)Cc1c(Cl)[nH]c(C=c2c(=O)[nH][nH]c2=CCc2ccc(N)cc2)c1C(=O)OC. The van der Waals surface area contributed by atoms with Gasteiger partial charge in [-0.3, -0.25) is 19.8 Å². The fourth-order valence-electron chi connectivity index (χ4n) is 3.06. The van der Waals surface area contributed by atoms with Gasteiger partial charge in [-0.05, 0) is 30.2 Å². The van der Waals surface area contributed by atoms with Crippen LogP contribution in [0.25, 0.3) is 12.2 Å². The molecular formula is C21H21ClN4O5. The fraction of sp³-hybridized carbons (Fsp3) is 0.190. The number of ether oxygens (including phenoxy) is 2. The van der Waals surface area contributed by atoms with Crippen LogP contribution in [-0.4, -0.2) is 41.3 Å². The molecule has 2 heterocycles. The van der Waals surface area contributed by atoms with Crippen molar-refractivity contribution in [2.75, 3.05) is 20.0 Å². The van der Waals surface area contributed by atoms with Gasteiger partial charge in [-0.2, -0.15) is 0 Å². The Bertz CT molecular complexity index is 1280. The van der Waals surface area contributed by atoms with Crippen LogP contribution in [0.2, 0.25) is 5.15 Å². The molecular weight excluding hydrogens is 424 g/mol. The van der Waals surface area contributed by atoms with Gasteiger partial charge in [0.25, 0.3) is 5.56 Å². The number of hydrogen-bond donors (Lipinski definition) is 4. The van der Waals surface area contributed by atoms with Gasteiger partial charge in [0.2, 0.25) is 0 Å². The summed E-state index contributed by atoms with van der Waals surface area (Å²) in [6.45, 7) is 0. The third-order valence-electron chi connectivity index (χ3n) is 4.67. The summed E-state index contributed by atoms with van der Waals surface area (Å²) in [7, 11) is 2.44. The van der Waals surface area contributed by atoms with E-state index in [2.05, 4.69) is 19.9 Å². The minimum absolute atomic E-state index is 0.0583. The lowest BCUT2D eigenvalue weighted by atomic mass is 10.1. The Labute approximate surface area is 181 Å². The first-order valence-electron chi connectivity index (χ1n) is 9.22. The highest BCUT2D eigenvalue weighted by Gasteiger charge is 2.24. The van der Waals surface area contributed by atoms with Crippen LogP contribution in [0.1, 0.15) is 27.2 Å². The smallest absolute Gasteiger partial charge is 0.340 e. The average molecular weight is 445 g/mol. The highest BCUT2D eigenvalue weighted by atomic mass is 35.5. The van der Waals surface area contributed by atoms with Gasteiger partial charge in [0.05, 0.1) is 42.5 Å². The van der Waals surface area contributed by atoms with Crippen LogP contribution in [0, 0.1) is 0 Å². The van der Waals surface area contributed by atoms with E-state index in [1.165, 1.54) is 20.3 Å². The lowest BCUT2D eigenvalue weighted by Gasteiger charge is -2.03. The summed E-state index contributed by atoms with van der Waals surface area (Å²) in [6.07, 6.45) is 3.61. The first-order chi connectivity index (χ1) is 14.8. The second-order valence-corrected chi connectivity index (χ2v) is 7.03. The van der Waals surface area contributed by atoms with Crippen molar-refractivity contribution in [3.63, 3.8) is 0 Å². The summed E-state index contributed by atoms with van der Waals surface area (Å²) in [4.78, 5) is 39.3. The summed E-state index contributed by atoms with van der Waals surface area (Å²) < 4.78 is 9.50. The minimum Gasteiger partial charge on any atom is -0.469 e. The van der Waals surface area contributed by atoms with Crippen molar-refractivity contribution < 1.29 is 19.1 Å². The number of nitrogens with one attached hydrogen (secondary N) is 3. The summed E-state index contributed by atoms with van der Waals surface area (Å²) in [5.41, 5.74) is 7.50. The number of aromatic nitrogens is 3. The van der Waals surface area contributed by atoms with Gasteiger partial charge in [-0.1, -0.05) is 29.8 Å². The molecule has 0 aliphatic carbocycles. The molecule has 0 amide bonds. The molecule has 0 atom stereocenters. The predicted molar refractivity (Wildman–Crippen MR) is 116 cm³/mol. The van der Waals surface area contributed by atoms with Crippen LogP contribution < -0.4 is 21.9 Å². The van der Waals surface area contributed by atoms with Crippen LogP contribution in [0.15, 0.2) is 29.1 Å². The number of esters is 2. The summed E-state index contributed by atoms with van der Waals surface area (Å²) in [5.74, 6) is -1.28. The maximum atomic E-state index is 12.4. The topological polar surface area (TPSA) is 143 Å². The molecule has 0 radical (unpaired) electrons. The van der Waals surface area contributed by atoms with Crippen LogP contribution in [0.5, 0.6) is 0 Å². The highest BCUT2D eigenvalue weighted by molar-refractivity contribution is 6.31. The molecule has 10 heteroatoms. The molecule has 0 saturated carbocycles. The zero-order chi connectivity index (χ0) is 22.5. The Morgan fingerprint density at radius 3 is 2.48 bits per heavy atom. The van der Waals surface area contributed by atoms with E-state index in [4.69, 9.17) is 22.1 Å². The number of aromatic amines is 3. The summed E-state index contributed by atoms with van der Waals surface area (Å²) in [5, 5.41) is 6.23. The maximum Gasteiger partial charge on any atom is 0.340 e. The largest absolute Gasteiger partial charge is 0.469 e. The average Bonchev–Trinajstić information content (AvgIpc) is 3.26. The van der Waals surface area contributed by atoms with Crippen LogP contribution >= 0.6 is 11.6 Å². The normalized spacial score (nSPS) is 12.2. The molecule has 0 aliphatic heterocycles. The molecule has 162 valence electrons. The molecule has 5 N–H and O–H groups in total. The molecule has 0 aliphatic rings. The number of benzene rings is 1. The second-order valence-electron chi connectivity index (χ2n) is 6.65. The number of anilines is 1. The van der Waals surface area contributed by atoms with E-state index in [-0.39, 0.29) is 39.2 Å². The molecule has 0 spiro atoms. The third kappa shape index (κ3) is 4.89. The van der Waals surface area contributed by atoms with E-state index in [1.54, 1.807) is 12.1 Å². The maximum absolute atomic E-state index is 12.4. The zero-order valence-corrected chi connectivity index (χ0v) is 17.6. The number of nitrogen functional groups attached to an aromatic ring is 1. The molecule has 0 fully saturated rings. The number of nitrogens with two attached hydrogens (primary N) is 1. The van der Waals surface area contributed by atoms with Crippen molar-refractivity contribution in [1.29, 1.82) is 0 Å². The second kappa shape index (κ2) is 9.40. The van der Waals surface area contributed by atoms with Gasteiger partial charge < -0.3 is 20.2 Å². The van der Waals surface area contributed by atoms with Gasteiger partial charge in [0.1, 0.15) is 5.15 Å². The summed E-state index contributed by atoms with van der Waals surface area (Å²) in [6, 6.07) is 7.36. The van der Waals surface area contributed by atoms with Crippen LogP contribution in [-0.2, 0) is 27.1 Å². The van der Waals surface area contributed by atoms with Gasteiger partial charge in [0.15, 0.2) is 0 Å². The Hall–Kier alpha value is -3.72. The number of halogens is 1. The highest BCUT2D eigenvalue weighted by Crippen LogP contribution is 2.25. The minimum atomic E-state index is -0.701. The zero-order valence-electron chi connectivity index (χ0n) is 16.9. The molecule has 2 aromatic heterocycles. The van der Waals surface area contributed by atoms with E-state index in [0.717, 1.165) is 5.56 Å². The van der Waals surface area contributed by atoms with Crippen LogP contribution in [0.3, 0.4) is 0 Å². The Morgan fingerprint density at radius 2 is 1.84 bits per heavy atom. The van der Waals surface area contributed by atoms with E-state index in [9.17, 15) is 14.4 Å². The van der Waals surface area contributed by atoms with Crippen molar-refractivity contribution >= 4 is 41.4 Å². The van der Waals surface area contributed by atoms with E-state index in [0.29, 0.717) is 17.5 Å². The summed E-state index contributed by atoms with van der Waals surface area (Å²) >= 11 is 6.22. The molecule has 3 aromatic rings. The first kappa shape index (κ1) is 22.0. The van der Waals surface area contributed by atoms with Gasteiger partial charge in [-0.15, -0.1) is 0 Å². The number of carbonyl (C=O) groups is 2. The molecule has 0 unspecified atom stereocenters. The molecule has 9 nitrogen and oxygen atoms in total. The number of methoxy groups -OCH3 is 2. The Balaban J connectivity index is 2.11. The fourth-order valence-corrected chi connectivity index (χ4v) is 3.32. The van der Waals surface area contributed by atoms with Crippen molar-refractivity contribution in [2.45, 2.75) is 12.8 Å². The van der Waals surface area contributed by atoms with E-state index < -0.39 is 11.9 Å². The Morgan fingerprint density at radius 1 is 1.13 bits per heavy atom. The molecule has 3 rings (SSSR count). The Kier molecular flexibility index (Phi) is 6.66. The number of H-pyrrole nitrogens is 3.